The topological polar surface area (TPSA) is 67.8 Å². The molecule has 5 nitrogen and oxygen atoms in total. The molecule has 3 aromatic rings. The van der Waals surface area contributed by atoms with E-state index in [1.54, 1.807) is 18.5 Å². The maximum absolute atomic E-state index is 13.5. The summed E-state index contributed by atoms with van der Waals surface area (Å²) < 4.78 is 13.5. The number of hydrogen-bond donors (Lipinski definition) is 1. The summed E-state index contributed by atoms with van der Waals surface area (Å²) >= 11 is 1.28. The van der Waals surface area contributed by atoms with Crippen molar-refractivity contribution in [3.05, 3.63) is 48.0 Å². The largest absolute Gasteiger partial charge is 0.301 e. The minimum atomic E-state index is -0.666. The molecule has 7 heteroatoms. The number of carbonyl (C=O) groups excluding carboxylic acids is 1. The van der Waals surface area contributed by atoms with E-state index in [0.717, 1.165) is 12.0 Å². The number of nitrogens with zero attached hydrogens (tertiary/aromatic N) is 3. The van der Waals surface area contributed by atoms with Gasteiger partial charge >= 0.3 is 0 Å². The molecular weight excluding hydrogens is 315 g/mol. The monoisotopic (exact) mass is 328 g/mol. The summed E-state index contributed by atoms with van der Waals surface area (Å²) in [6.07, 6.45) is 5.53. The zero-order valence-electron chi connectivity index (χ0n) is 12.1. The van der Waals surface area contributed by atoms with Crippen LogP contribution < -0.4 is 5.32 Å². The first-order valence-corrected chi connectivity index (χ1v) is 8.14. The van der Waals surface area contributed by atoms with Crippen LogP contribution >= 0.6 is 11.3 Å². The Kier molecular flexibility index (Phi) is 3.30. The van der Waals surface area contributed by atoms with E-state index in [1.807, 2.05) is 6.07 Å². The minimum Gasteiger partial charge on any atom is -0.301 e. The van der Waals surface area contributed by atoms with Crippen molar-refractivity contribution < 1.29 is 9.18 Å². The Labute approximate surface area is 135 Å². The van der Waals surface area contributed by atoms with Crippen LogP contribution in [0.3, 0.4) is 0 Å². The normalized spacial score (nSPS) is 16.0. The highest BCUT2D eigenvalue weighted by Gasteiger charge is 2.46. The van der Waals surface area contributed by atoms with Crippen molar-refractivity contribution in [3.8, 4) is 0 Å². The average molecular weight is 328 g/mol. The predicted octanol–water partition coefficient (Wildman–Crippen LogP) is 3.29. The van der Waals surface area contributed by atoms with Gasteiger partial charge in [0, 0.05) is 12.4 Å². The molecule has 0 spiro atoms. The summed E-state index contributed by atoms with van der Waals surface area (Å²) in [6.45, 7) is 0. The van der Waals surface area contributed by atoms with Gasteiger partial charge in [0.2, 0.25) is 5.91 Å². The van der Waals surface area contributed by atoms with Gasteiger partial charge < -0.3 is 5.32 Å². The van der Waals surface area contributed by atoms with Gasteiger partial charge in [0.05, 0.1) is 5.41 Å². The summed E-state index contributed by atoms with van der Waals surface area (Å²) in [7, 11) is 0. The maximum Gasteiger partial charge on any atom is 0.236 e. The number of anilines is 1. The molecular formula is C16H13FN4OS. The number of fused-ring (bicyclic) bond motifs is 1. The van der Waals surface area contributed by atoms with Gasteiger partial charge in [-0.3, -0.25) is 4.79 Å². The second-order valence-corrected chi connectivity index (χ2v) is 6.58. The van der Waals surface area contributed by atoms with E-state index in [2.05, 4.69) is 20.3 Å². The highest BCUT2D eigenvalue weighted by Crippen LogP contribution is 2.45. The Morgan fingerprint density at radius 1 is 1.26 bits per heavy atom. The number of amides is 1. The molecule has 1 aliphatic carbocycles. The lowest BCUT2D eigenvalue weighted by atomic mass is 9.64. The van der Waals surface area contributed by atoms with E-state index >= 15 is 0 Å². The Morgan fingerprint density at radius 3 is 2.78 bits per heavy atom. The molecule has 4 rings (SSSR count). The van der Waals surface area contributed by atoms with Gasteiger partial charge in [-0.15, -0.1) is 0 Å². The fourth-order valence-electron chi connectivity index (χ4n) is 2.91. The average Bonchev–Trinajstić information content (AvgIpc) is 2.88. The van der Waals surface area contributed by atoms with Crippen LogP contribution in [-0.2, 0) is 10.2 Å². The van der Waals surface area contributed by atoms with Crippen molar-refractivity contribution in [2.45, 2.75) is 24.7 Å². The second-order valence-electron chi connectivity index (χ2n) is 5.60. The van der Waals surface area contributed by atoms with Crippen LogP contribution in [0.1, 0.15) is 24.8 Å². The molecule has 0 radical (unpaired) electrons. The highest BCUT2D eigenvalue weighted by atomic mass is 32.1. The molecule has 1 fully saturated rings. The third-order valence-electron chi connectivity index (χ3n) is 4.29. The van der Waals surface area contributed by atoms with E-state index < -0.39 is 5.41 Å². The molecule has 1 amide bonds. The van der Waals surface area contributed by atoms with Gasteiger partial charge in [-0.1, -0.05) is 29.9 Å². The second kappa shape index (κ2) is 5.34. The van der Waals surface area contributed by atoms with E-state index in [1.165, 1.54) is 23.5 Å². The molecule has 2 aromatic heterocycles. The quantitative estimate of drug-likeness (QED) is 0.801. The van der Waals surface area contributed by atoms with Gasteiger partial charge in [0.1, 0.15) is 5.82 Å². The standard InChI is InChI=1S/C16H13FN4OS/c17-11-4-1-3-10(9-11)16(5-2-6-16)14(22)21-15-20-12-13(23-15)19-8-7-18-12/h1,3-4,7-9H,2,5-6H2,(H,18,20,21,22). The minimum absolute atomic E-state index is 0.145. The van der Waals surface area contributed by atoms with Crippen LogP contribution in [0, 0.1) is 5.82 Å². The molecule has 23 heavy (non-hydrogen) atoms. The summed E-state index contributed by atoms with van der Waals surface area (Å²) in [6, 6.07) is 6.28. The maximum atomic E-state index is 13.5. The van der Waals surface area contributed by atoms with Crippen LogP contribution in [0.2, 0.25) is 0 Å². The SMILES string of the molecule is O=C(Nc1nc2nccnc2s1)C1(c2cccc(F)c2)CCC1. The van der Waals surface area contributed by atoms with Crippen LogP contribution in [0.25, 0.3) is 10.5 Å². The van der Waals surface area contributed by atoms with Crippen molar-refractivity contribution in [1.82, 2.24) is 15.0 Å². The molecule has 0 unspecified atom stereocenters. The molecule has 1 N–H and O–H groups in total. The van der Waals surface area contributed by atoms with Crippen LogP contribution in [0.4, 0.5) is 9.52 Å². The Bertz CT molecular complexity index is 857. The lowest BCUT2D eigenvalue weighted by molar-refractivity contribution is -0.124. The van der Waals surface area contributed by atoms with Crippen molar-refractivity contribution in [2.24, 2.45) is 0 Å². The lowest BCUT2D eigenvalue weighted by Crippen LogP contribution is -2.46. The molecule has 1 aromatic carbocycles. The molecule has 0 saturated heterocycles. The Hall–Kier alpha value is -2.41. The third kappa shape index (κ3) is 2.37. The van der Waals surface area contributed by atoms with Gasteiger partial charge in [-0.2, -0.15) is 4.98 Å². The van der Waals surface area contributed by atoms with Gasteiger partial charge in [-0.05, 0) is 30.5 Å². The number of rotatable bonds is 3. The molecule has 0 bridgehead atoms. The number of thiazole rings is 1. The van der Waals surface area contributed by atoms with Crippen molar-refractivity contribution in [1.29, 1.82) is 0 Å². The van der Waals surface area contributed by atoms with Crippen LogP contribution in [0.5, 0.6) is 0 Å². The van der Waals surface area contributed by atoms with E-state index in [-0.39, 0.29) is 11.7 Å². The fraction of sp³-hybridized carbons (Fsp3) is 0.250. The molecule has 0 atom stereocenters. The predicted molar refractivity (Wildman–Crippen MR) is 85.8 cm³/mol. The first kappa shape index (κ1) is 14.2. The first-order valence-electron chi connectivity index (χ1n) is 7.32. The zero-order chi connectivity index (χ0) is 15.9. The molecule has 1 saturated carbocycles. The molecule has 0 aliphatic heterocycles. The van der Waals surface area contributed by atoms with Gasteiger partial charge in [-0.25, -0.2) is 14.4 Å². The summed E-state index contributed by atoms with van der Waals surface area (Å²) in [5.41, 5.74) is 0.570. The third-order valence-corrected chi connectivity index (χ3v) is 5.15. The number of nitrogens with one attached hydrogen (secondary N) is 1. The number of hydrogen-bond acceptors (Lipinski definition) is 5. The fourth-order valence-corrected chi connectivity index (χ4v) is 3.67. The van der Waals surface area contributed by atoms with E-state index in [0.29, 0.717) is 28.5 Å². The molecule has 1 aliphatic rings. The smallest absolute Gasteiger partial charge is 0.236 e. The number of aromatic nitrogens is 3. The highest BCUT2D eigenvalue weighted by molar-refractivity contribution is 7.21. The van der Waals surface area contributed by atoms with Crippen molar-refractivity contribution in [2.75, 3.05) is 5.32 Å². The van der Waals surface area contributed by atoms with E-state index in [4.69, 9.17) is 0 Å². The van der Waals surface area contributed by atoms with E-state index in [9.17, 15) is 9.18 Å². The lowest BCUT2D eigenvalue weighted by Gasteiger charge is -2.40. The van der Waals surface area contributed by atoms with Gasteiger partial charge in [0.15, 0.2) is 15.6 Å². The number of benzene rings is 1. The molecule has 116 valence electrons. The Balaban J connectivity index is 1.64. The summed E-state index contributed by atoms with van der Waals surface area (Å²) in [5, 5.41) is 3.33. The number of carbonyl (C=O) groups is 1. The van der Waals surface area contributed by atoms with Crippen LogP contribution in [-0.4, -0.2) is 20.9 Å². The summed E-state index contributed by atoms with van der Waals surface area (Å²) in [4.78, 5) is 26.0. The van der Waals surface area contributed by atoms with Crippen molar-refractivity contribution in [3.63, 3.8) is 0 Å². The number of halogens is 1. The first-order chi connectivity index (χ1) is 11.2. The Morgan fingerprint density at radius 2 is 2.09 bits per heavy atom. The summed E-state index contributed by atoms with van der Waals surface area (Å²) in [5.74, 6) is -0.469. The zero-order valence-corrected chi connectivity index (χ0v) is 12.9. The molecule has 2 heterocycles. The van der Waals surface area contributed by atoms with Crippen LogP contribution in [0.15, 0.2) is 36.7 Å². The van der Waals surface area contributed by atoms with Crippen molar-refractivity contribution >= 4 is 32.9 Å². The van der Waals surface area contributed by atoms with Gasteiger partial charge in [0.25, 0.3) is 0 Å².